The number of hydrogen-bond acceptors (Lipinski definition) is 7. The van der Waals surface area contributed by atoms with Gasteiger partial charge in [0.2, 0.25) is 11.9 Å². The lowest BCUT2D eigenvalue weighted by molar-refractivity contribution is -0.133. The maximum absolute atomic E-state index is 13.4. The molecule has 0 bridgehead atoms. The number of rotatable bonds is 5. The first-order valence-corrected chi connectivity index (χ1v) is 15.8. The quantitative estimate of drug-likeness (QED) is 0.433. The molecule has 4 aliphatic rings. The van der Waals surface area contributed by atoms with Crippen LogP contribution in [0.15, 0.2) is 30.5 Å². The Labute approximate surface area is 259 Å². The Morgan fingerprint density at radius 2 is 1.72 bits per heavy atom. The van der Waals surface area contributed by atoms with Gasteiger partial charge in [-0.1, -0.05) is 23.2 Å². The van der Waals surface area contributed by atoms with Crippen molar-refractivity contribution in [2.24, 2.45) is 5.92 Å². The highest BCUT2D eigenvalue weighted by Gasteiger charge is 2.36. The molecule has 3 aromatic rings. The van der Waals surface area contributed by atoms with E-state index >= 15 is 0 Å². The number of aliphatic hydroxyl groups excluding tert-OH is 1. The summed E-state index contributed by atoms with van der Waals surface area (Å²) in [6.07, 6.45) is 6.40. The number of carbonyl (C=O) groups excluding carboxylic acids is 2. The number of anilines is 1. The summed E-state index contributed by atoms with van der Waals surface area (Å²) in [5, 5.41) is 14.2. The Morgan fingerprint density at radius 1 is 0.907 bits per heavy atom. The first kappa shape index (κ1) is 28.4. The molecular weight excluding hydrogens is 591 g/mol. The fourth-order valence-electron chi connectivity index (χ4n) is 6.28. The maximum Gasteiger partial charge on any atom is 0.320 e. The fraction of sp³-hybridized carbons (Fsp3) is 0.500. The molecule has 3 amide bonds. The van der Waals surface area contributed by atoms with E-state index in [0.29, 0.717) is 73.2 Å². The van der Waals surface area contributed by atoms with Crippen molar-refractivity contribution >= 4 is 41.1 Å². The zero-order valence-electron chi connectivity index (χ0n) is 23.8. The summed E-state index contributed by atoms with van der Waals surface area (Å²) in [6, 6.07) is 7.24. The van der Waals surface area contributed by atoms with Gasteiger partial charge in [-0.2, -0.15) is 4.98 Å². The van der Waals surface area contributed by atoms with Crippen molar-refractivity contribution in [2.45, 2.75) is 63.8 Å². The zero-order valence-corrected chi connectivity index (χ0v) is 25.3. The Kier molecular flexibility index (Phi) is 7.65. The number of likely N-dealkylation sites (tertiary alicyclic amines) is 2. The lowest BCUT2D eigenvalue weighted by atomic mass is 10.1. The summed E-state index contributed by atoms with van der Waals surface area (Å²) in [5.41, 5.74) is 2.44. The number of amides is 3. The Balaban J connectivity index is 1.17. The number of fused-ring (bicyclic) bond motifs is 1. The molecule has 2 aromatic heterocycles. The third-order valence-corrected chi connectivity index (χ3v) is 9.52. The van der Waals surface area contributed by atoms with Crippen LogP contribution in [-0.4, -0.2) is 89.6 Å². The molecule has 3 aliphatic heterocycles. The number of nitrogens with one attached hydrogen (secondary N) is 1. The van der Waals surface area contributed by atoms with Gasteiger partial charge in [-0.25, -0.2) is 14.8 Å². The molecular formula is C30H34Cl2N8O3. The van der Waals surface area contributed by atoms with Crippen LogP contribution in [-0.2, 0) is 17.9 Å². The topological polar surface area (TPSA) is 120 Å². The van der Waals surface area contributed by atoms with E-state index in [0.717, 1.165) is 49.2 Å². The van der Waals surface area contributed by atoms with Gasteiger partial charge in [0.15, 0.2) is 0 Å². The lowest BCUT2D eigenvalue weighted by Crippen LogP contribution is -2.46. The fourth-order valence-corrected chi connectivity index (χ4v) is 6.58. The summed E-state index contributed by atoms with van der Waals surface area (Å²) in [6.45, 7) is 3.26. The second-order valence-corrected chi connectivity index (χ2v) is 12.7. The molecule has 0 spiro atoms. The van der Waals surface area contributed by atoms with Crippen LogP contribution in [0.1, 0.15) is 49.9 Å². The number of aromatic nitrogens is 4. The highest BCUT2D eigenvalue weighted by molar-refractivity contribution is 6.42. The van der Waals surface area contributed by atoms with Gasteiger partial charge in [0, 0.05) is 49.9 Å². The molecule has 2 saturated heterocycles. The van der Waals surface area contributed by atoms with Crippen molar-refractivity contribution < 1.29 is 14.7 Å². The van der Waals surface area contributed by atoms with Gasteiger partial charge >= 0.3 is 6.03 Å². The van der Waals surface area contributed by atoms with E-state index in [9.17, 15) is 14.7 Å². The average Bonchev–Trinajstić information content (AvgIpc) is 3.69. The molecule has 43 heavy (non-hydrogen) atoms. The average molecular weight is 626 g/mol. The van der Waals surface area contributed by atoms with Crippen LogP contribution in [0.4, 0.5) is 10.7 Å². The van der Waals surface area contributed by atoms with E-state index < -0.39 is 0 Å². The molecule has 1 aromatic carbocycles. The largest absolute Gasteiger partial charge is 0.393 e. The molecule has 13 heteroatoms. The van der Waals surface area contributed by atoms with Crippen LogP contribution in [0.3, 0.4) is 0 Å². The molecule has 5 heterocycles. The van der Waals surface area contributed by atoms with E-state index in [1.807, 2.05) is 21.6 Å². The zero-order chi connectivity index (χ0) is 29.7. The predicted octanol–water partition coefficient (Wildman–Crippen LogP) is 4.34. The maximum atomic E-state index is 13.4. The van der Waals surface area contributed by atoms with Gasteiger partial charge in [-0.3, -0.25) is 9.36 Å². The van der Waals surface area contributed by atoms with Crippen molar-refractivity contribution in [1.29, 1.82) is 0 Å². The first-order chi connectivity index (χ1) is 20.8. The molecule has 226 valence electrons. The van der Waals surface area contributed by atoms with E-state index in [4.69, 9.17) is 33.2 Å². The van der Waals surface area contributed by atoms with Crippen LogP contribution in [0.25, 0.3) is 17.2 Å². The number of urea groups is 1. The Bertz CT molecular complexity index is 1550. The summed E-state index contributed by atoms with van der Waals surface area (Å²) in [4.78, 5) is 46.0. The van der Waals surface area contributed by atoms with Gasteiger partial charge < -0.3 is 25.1 Å². The molecule has 2 N–H and O–H groups in total. The van der Waals surface area contributed by atoms with Crippen molar-refractivity contribution in [1.82, 2.24) is 34.2 Å². The van der Waals surface area contributed by atoms with Gasteiger partial charge in [0.05, 0.1) is 40.6 Å². The summed E-state index contributed by atoms with van der Waals surface area (Å²) in [7, 11) is 0. The number of aliphatic hydroxyl groups is 1. The number of halogens is 2. The summed E-state index contributed by atoms with van der Waals surface area (Å²) in [5.74, 6) is 2.21. The standard InChI is InChI=1S/C30H34Cl2N8O3/c31-22-6-5-19(14-23(22)32)27-35-24-16-39(30(43)37-12-8-21(41)9-13-37)17-25(24)40(27)26-7-10-33-29(36-26)34-20-2-1-11-38(15-20)28(42)18-3-4-18/h5-7,10,14,18,20-21,41H,1-4,8-9,11-13,15-17H2,(H,33,34,36)/t20-/m0/s1. The van der Waals surface area contributed by atoms with Crippen molar-refractivity contribution in [2.75, 3.05) is 31.5 Å². The van der Waals surface area contributed by atoms with Crippen LogP contribution in [0.5, 0.6) is 0 Å². The third-order valence-electron chi connectivity index (χ3n) is 8.78. The number of benzene rings is 1. The molecule has 1 atom stereocenters. The van der Waals surface area contributed by atoms with Crippen molar-refractivity contribution in [3.63, 3.8) is 0 Å². The van der Waals surface area contributed by atoms with Gasteiger partial charge in [-0.05, 0) is 62.8 Å². The third kappa shape index (κ3) is 5.77. The van der Waals surface area contributed by atoms with Gasteiger partial charge in [0.1, 0.15) is 11.6 Å². The summed E-state index contributed by atoms with van der Waals surface area (Å²) < 4.78 is 1.97. The van der Waals surface area contributed by atoms with E-state index in [-0.39, 0.29) is 30.0 Å². The normalized spacial score (nSPS) is 20.8. The molecule has 0 radical (unpaired) electrons. The molecule has 1 aliphatic carbocycles. The van der Waals surface area contributed by atoms with Crippen molar-refractivity contribution in [3.8, 4) is 17.2 Å². The molecule has 0 unspecified atom stereocenters. The highest BCUT2D eigenvalue weighted by atomic mass is 35.5. The number of piperidine rings is 2. The van der Waals surface area contributed by atoms with Crippen LogP contribution in [0.2, 0.25) is 10.0 Å². The smallest absolute Gasteiger partial charge is 0.320 e. The molecule has 7 rings (SSSR count). The monoisotopic (exact) mass is 624 g/mol. The van der Waals surface area contributed by atoms with Crippen LogP contribution < -0.4 is 5.32 Å². The van der Waals surface area contributed by atoms with E-state index in [2.05, 4.69) is 10.3 Å². The Morgan fingerprint density at radius 3 is 2.49 bits per heavy atom. The Hall–Kier alpha value is -3.41. The minimum absolute atomic E-state index is 0.0554. The van der Waals surface area contributed by atoms with Gasteiger partial charge in [0.25, 0.3) is 0 Å². The minimum Gasteiger partial charge on any atom is -0.393 e. The number of imidazole rings is 1. The number of carbonyl (C=O) groups is 2. The summed E-state index contributed by atoms with van der Waals surface area (Å²) >= 11 is 12.6. The SMILES string of the molecule is O=C(C1CC1)N1CCC[C@H](Nc2nccc(-n3c(-c4ccc(Cl)c(Cl)c4)nc4c3CN(C(=O)N3CCC(O)CC3)C4)n2)C1. The molecule has 1 saturated carbocycles. The second-order valence-electron chi connectivity index (χ2n) is 11.9. The first-order valence-electron chi connectivity index (χ1n) is 15.0. The van der Waals surface area contributed by atoms with Crippen molar-refractivity contribution in [3.05, 3.63) is 51.9 Å². The predicted molar refractivity (Wildman–Crippen MR) is 162 cm³/mol. The van der Waals surface area contributed by atoms with E-state index in [1.165, 1.54) is 0 Å². The van der Waals surface area contributed by atoms with Crippen LogP contribution in [0, 0.1) is 5.92 Å². The minimum atomic E-state index is -0.351. The number of hydrogen-bond donors (Lipinski definition) is 2. The van der Waals surface area contributed by atoms with Crippen LogP contribution >= 0.6 is 23.2 Å². The molecule has 3 fully saturated rings. The van der Waals surface area contributed by atoms with E-state index in [1.54, 1.807) is 28.1 Å². The number of nitrogens with zero attached hydrogens (tertiary/aromatic N) is 7. The second kappa shape index (κ2) is 11.6. The lowest BCUT2D eigenvalue weighted by Gasteiger charge is -2.33. The van der Waals surface area contributed by atoms with Gasteiger partial charge in [-0.15, -0.1) is 0 Å². The highest BCUT2D eigenvalue weighted by Crippen LogP contribution is 2.35. The molecule has 11 nitrogen and oxygen atoms in total.